The molecule has 4 aliphatic heterocycles. The first-order valence-electron chi connectivity index (χ1n) is 24.7. The van der Waals surface area contributed by atoms with Crippen LogP contribution in [0.2, 0.25) is 0 Å². The molecule has 3 aromatic carbocycles. The zero-order valence-corrected chi connectivity index (χ0v) is 42.6. The van der Waals surface area contributed by atoms with Crippen LogP contribution >= 0.6 is 0 Å². The number of aliphatic hydroxyl groups is 8. The van der Waals surface area contributed by atoms with Crippen LogP contribution in [0.15, 0.2) is 76.0 Å². The third-order valence-corrected chi connectivity index (χ3v) is 13.4. The van der Waals surface area contributed by atoms with Gasteiger partial charge in [-0.2, -0.15) is 0 Å². The molecule has 1 aromatic heterocycles. The lowest BCUT2D eigenvalue weighted by molar-refractivity contribution is -0.360. The van der Waals surface area contributed by atoms with Gasteiger partial charge in [-0.3, -0.25) is 14.4 Å². The van der Waals surface area contributed by atoms with Crippen LogP contribution in [0.5, 0.6) is 28.7 Å². The third-order valence-electron chi connectivity index (χ3n) is 13.4. The molecule has 27 nitrogen and oxygen atoms in total. The number of ether oxygens (including phenoxy) is 11. The Morgan fingerprint density at radius 2 is 1.13 bits per heavy atom. The molecule has 4 aliphatic rings. The summed E-state index contributed by atoms with van der Waals surface area (Å²) in [6.45, 7) is 5.34. The Morgan fingerprint density at radius 3 is 1.75 bits per heavy atom. The second-order valence-electron chi connectivity index (χ2n) is 19.2. The first-order chi connectivity index (χ1) is 37.4. The van der Waals surface area contributed by atoms with Crippen molar-refractivity contribution in [3.05, 3.63) is 82.5 Å². The van der Waals surface area contributed by atoms with Gasteiger partial charge in [-0.15, -0.1) is 0 Å². The maximum atomic E-state index is 15.0. The van der Waals surface area contributed by atoms with E-state index in [1.807, 2.05) is 0 Å². The van der Waals surface area contributed by atoms with Gasteiger partial charge in [-0.1, -0.05) is 12.1 Å². The number of rotatable bonds is 15. The highest BCUT2D eigenvalue weighted by atomic mass is 16.8. The van der Waals surface area contributed by atoms with Gasteiger partial charge in [0.2, 0.25) is 23.8 Å². The van der Waals surface area contributed by atoms with Crippen molar-refractivity contribution >= 4 is 35.0 Å². The third kappa shape index (κ3) is 12.9. The number of benzene rings is 3. The number of phenols is 3. The first-order valence-corrected chi connectivity index (χ1v) is 24.7. The van der Waals surface area contributed by atoms with Gasteiger partial charge in [-0.05, 0) is 68.8 Å². The number of phenolic OH excluding ortho intramolecular Hbond substituents is 3. The van der Waals surface area contributed by atoms with E-state index in [9.17, 15) is 75.3 Å². The molecule has 27 heteroatoms. The summed E-state index contributed by atoms with van der Waals surface area (Å²) in [6.07, 6.45) is -32.1. The number of hydrogen-bond acceptors (Lipinski definition) is 27. The number of esters is 3. The Balaban J connectivity index is 1.23. The van der Waals surface area contributed by atoms with Crippen molar-refractivity contribution in [3.63, 3.8) is 0 Å². The highest BCUT2D eigenvalue weighted by molar-refractivity contribution is 5.89. The number of aliphatic hydroxyl groups excluding tert-OH is 8. The molecule has 4 saturated heterocycles. The summed E-state index contributed by atoms with van der Waals surface area (Å²) in [5.74, 6) is -5.68. The van der Waals surface area contributed by atoms with Crippen molar-refractivity contribution in [2.45, 2.75) is 157 Å². The van der Waals surface area contributed by atoms with Crippen LogP contribution in [-0.4, -0.2) is 204 Å². The van der Waals surface area contributed by atoms with Gasteiger partial charge < -0.3 is 113 Å². The highest BCUT2D eigenvalue weighted by Gasteiger charge is 2.55. The van der Waals surface area contributed by atoms with Crippen LogP contribution in [0.25, 0.3) is 28.4 Å². The molecule has 0 radical (unpaired) electrons. The number of carbonyl (C=O) groups is 3. The van der Waals surface area contributed by atoms with Crippen molar-refractivity contribution in [2.75, 3.05) is 6.61 Å². The molecule has 430 valence electrons. The fourth-order valence-electron chi connectivity index (χ4n) is 9.21. The Labute approximate surface area is 447 Å². The van der Waals surface area contributed by atoms with Crippen LogP contribution < -0.4 is 14.9 Å². The fraction of sp³-hybridized carbons (Fsp3) is 0.500. The van der Waals surface area contributed by atoms with Gasteiger partial charge in [-0.25, -0.2) is 4.79 Å². The number of fused-ring (bicyclic) bond motifs is 1. The number of aromatic hydroxyl groups is 3. The quantitative estimate of drug-likeness (QED) is 0.0389. The monoisotopic (exact) mass is 1120 g/mol. The number of hydrogen-bond donors (Lipinski definition) is 11. The summed E-state index contributed by atoms with van der Waals surface area (Å²) in [6, 6.07) is 12.7. The van der Waals surface area contributed by atoms with E-state index < -0.39 is 181 Å². The van der Waals surface area contributed by atoms with Gasteiger partial charge in [0.1, 0.15) is 88.9 Å². The predicted molar refractivity (Wildman–Crippen MR) is 261 cm³/mol. The minimum atomic E-state index is -2.22. The molecule has 0 spiro atoms. The highest BCUT2D eigenvalue weighted by Crippen LogP contribution is 2.40. The molecule has 20 atom stereocenters. The van der Waals surface area contributed by atoms with Crippen molar-refractivity contribution in [2.24, 2.45) is 0 Å². The molecule has 79 heavy (non-hydrogen) atoms. The molecule has 4 fully saturated rings. The van der Waals surface area contributed by atoms with Crippen molar-refractivity contribution in [1.29, 1.82) is 0 Å². The molecule has 5 heterocycles. The normalized spacial score (nSPS) is 34.9. The molecule has 8 rings (SSSR count). The standard InChI is InChI=1S/C52H60O27/c1-19-34(59)37(62)39(64)49(69-19)68-18-31-45(77-32(58)15-8-24-6-11-26(55)12-7-24)42(67)48(79-51-47(73-23(5)54)41(66)43(21(3)71-51)72-22(4)53)52(76-31)78-46-36(61)33-29(57)16-28(74-50-40(65)38(63)35(60)20(2)70-50)17-30(33)75-44(46)25-9-13-27(56)14-10-25/h6-17,19-21,31,34-35,37-43,45,47-52,55-57,59-60,62-67H,18H2,1-5H3. The van der Waals surface area contributed by atoms with Crippen LogP contribution in [-0.2, 0) is 57.0 Å². The largest absolute Gasteiger partial charge is 0.508 e. The molecule has 20 unspecified atom stereocenters. The molecule has 0 amide bonds. The lowest BCUT2D eigenvalue weighted by Crippen LogP contribution is -2.66. The Hall–Kier alpha value is -6.54. The summed E-state index contributed by atoms with van der Waals surface area (Å²) in [5, 5.41) is 118. The summed E-state index contributed by atoms with van der Waals surface area (Å²) in [4.78, 5) is 53.4. The second kappa shape index (κ2) is 24.4. The van der Waals surface area contributed by atoms with Crippen molar-refractivity contribution < 1.29 is 127 Å². The zero-order chi connectivity index (χ0) is 57.3. The molecular weight excluding hydrogens is 1060 g/mol. The minimum absolute atomic E-state index is 0.00723. The van der Waals surface area contributed by atoms with Crippen molar-refractivity contribution in [3.8, 4) is 40.1 Å². The van der Waals surface area contributed by atoms with Gasteiger partial charge >= 0.3 is 17.9 Å². The average molecular weight is 1120 g/mol. The van der Waals surface area contributed by atoms with Crippen LogP contribution in [0.4, 0.5) is 0 Å². The molecule has 0 bridgehead atoms. The minimum Gasteiger partial charge on any atom is -0.508 e. The molecule has 11 N–H and O–H groups in total. The van der Waals surface area contributed by atoms with Crippen molar-refractivity contribution in [1.82, 2.24) is 0 Å². The lowest BCUT2D eigenvalue weighted by atomic mass is 9.96. The predicted octanol–water partition coefficient (Wildman–Crippen LogP) is -0.929. The van der Waals surface area contributed by atoms with Gasteiger partial charge in [0.05, 0.1) is 24.9 Å². The summed E-state index contributed by atoms with van der Waals surface area (Å²) < 4.78 is 70.7. The lowest BCUT2D eigenvalue weighted by Gasteiger charge is -2.47. The topological polar surface area (TPSA) is 405 Å². The van der Waals surface area contributed by atoms with E-state index >= 15 is 0 Å². The molecule has 0 saturated carbocycles. The molecule has 0 aliphatic carbocycles. The van der Waals surface area contributed by atoms with Gasteiger partial charge in [0.15, 0.2) is 42.8 Å². The van der Waals surface area contributed by atoms with Gasteiger partial charge in [0, 0.05) is 37.6 Å². The van der Waals surface area contributed by atoms with Gasteiger partial charge in [0.25, 0.3) is 0 Å². The van der Waals surface area contributed by atoms with E-state index in [1.165, 1.54) is 75.4 Å². The van der Waals surface area contributed by atoms with Crippen LogP contribution in [0, 0.1) is 0 Å². The summed E-state index contributed by atoms with van der Waals surface area (Å²) in [7, 11) is 0. The van der Waals surface area contributed by atoms with E-state index in [1.54, 1.807) is 0 Å². The van der Waals surface area contributed by atoms with E-state index in [4.69, 9.17) is 56.5 Å². The van der Waals surface area contributed by atoms with E-state index in [-0.39, 0.29) is 22.8 Å². The number of carbonyl (C=O) groups excluding carboxylic acids is 3. The van der Waals surface area contributed by atoms with Crippen LogP contribution in [0.1, 0.15) is 40.2 Å². The Bertz CT molecular complexity index is 2880. The average Bonchev–Trinajstić information content (AvgIpc) is 3.57. The Morgan fingerprint density at radius 1 is 0.570 bits per heavy atom. The molecular formula is C52H60O27. The summed E-state index contributed by atoms with van der Waals surface area (Å²) in [5.41, 5.74) is -1.14. The summed E-state index contributed by atoms with van der Waals surface area (Å²) >= 11 is 0. The van der Waals surface area contributed by atoms with Crippen LogP contribution in [0.3, 0.4) is 0 Å². The van der Waals surface area contributed by atoms with E-state index in [0.29, 0.717) is 5.56 Å². The fourth-order valence-corrected chi connectivity index (χ4v) is 9.21. The zero-order valence-electron chi connectivity index (χ0n) is 42.6. The Kier molecular flexibility index (Phi) is 18.1. The van der Waals surface area contributed by atoms with E-state index in [0.717, 1.165) is 32.1 Å². The smallest absolute Gasteiger partial charge is 0.331 e. The first kappa shape index (κ1) is 58.6. The maximum Gasteiger partial charge on any atom is 0.331 e. The second-order valence-corrected chi connectivity index (χ2v) is 19.2. The SMILES string of the molecule is CC(=O)OC1C(C)OC(OC2C(Oc3c(-c4ccc(O)cc4)oc4cc(OC5OC(C)C(O)C(O)C5O)cc(O)c4c3=O)OC(COC3OC(C)C(O)C(O)C3O)C(OC(=O)C=Cc3ccc(O)cc3)C2O)C(OC(C)=O)C1O. The maximum absolute atomic E-state index is 15.0. The van der Waals surface area contributed by atoms with E-state index in [2.05, 4.69) is 0 Å². The molecule has 4 aromatic rings.